The molecule has 2 aliphatic rings. The molecule has 2 aromatic heterocycles. The topological polar surface area (TPSA) is 109 Å². The van der Waals surface area contributed by atoms with E-state index in [0.29, 0.717) is 36.8 Å². The first kappa shape index (κ1) is 27.9. The third kappa shape index (κ3) is 5.49. The summed E-state index contributed by atoms with van der Waals surface area (Å²) in [6.45, 7) is 6.79. The first-order chi connectivity index (χ1) is 18.9. The van der Waals surface area contributed by atoms with Gasteiger partial charge in [0.2, 0.25) is 5.91 Å². The summed E-state index contributed by atoms with van der Waals surface area (Å²) in [7, 11) is 1.45. The smallest absolute Gasteiger partial charge is 0.416 e. The average molecular weight is 560 g/mol. The fourth-order valence-corrected chi connectivity index (χ4v) is 5.12. The summed E-state index contributed by atoms with van der Waals surface area (Å²) in [5.41, 5.74) is 0.531. The number of aromatic nitrogens is 3. The number of aromatic amines is 1. The Morgan fingerprint density at radius 3 is 2.65 bits per heavy atom. The van der Waals surface area contributed by atoms with Crippen molar-refractivity contribution in [3.8, 4) is 17.0 Å². The van der Waals surface area contributed by atoms with Crippen LogP contribution in [0.2, 0.25) is 0 Å². The number of hydrogen-bond donors (Lipinski definition) is 2. The second-order valence-electron chi connectivity index (χ2n) is 11.3. The number of carbonyl (C=O) groups is 2. The molecular weight excluding hydrogens is 527 g/mol. The van der Waals surface area contributed by atoms with Crippen molar-refractivity contribution in [3.05, 3.63) is 41.3 Å². The van der Waals surface area contributed by atoms with E-state index >= 15 is 0 Å². The molecule has 214 valence electrons. The number of likely N-dealkylation sites (tertiary alicyclic amines) is 1. The lowest BCUT2D eigenvalue weighted by Crippen LogP contribution is -2.44. The minimum absolute atomic E-state index is 0.0418. The molecule has 1 atom stereocenters. The lowest BCUT2D eigenvalue weighted by molar-refractivity contribution is -0.137. The number of amides is 2. The van der Waals surface area contributed by atoms with Crippen LogP contribution >= 0.6 is 0 Å². The van der Waals surface area contributed by atoms with Gasteiger partial charge in [0.1, 0.15) is 29.9 Å². The monoisotopic (exact) mass is 559 g/mol. The van der Waals surface area contributed by atoms with Gasteiger partial charge in [0.25, 0.3) is 5.91 Å². The summed E-state index contributed by atoms with van der Waals surface area (Å²) in [6.07, 6.45) is -1.27. The zero-order valence-electron chi connectivity index (χ0n) is 22.8. The molecular formula is C28H32F3N5O4. The van der Waals surface area contributed by atoms with E-state index in [1.807, 2.05) is 13.8 Å². The van der Waals surface area contributed by atoms with Gasteiger partial charge in [-0.25, -0.2) is 9.97 Å². The van der Waals surface area contributed by atoms with Crippen LogP contribution in [0.4, 0.5) is 13.2 Å². The van der Waals surface area contributed by atoms with Gasteiger partial charge in [-0.05, 0) is 43.9 Å². The van der Waals surface area contributed by atoms with Crippen LogP contribution in [0.15, 0.2) is 24.5 Å². The molecule has 12 heteroatoms. The molecule has 3 heterocycles. The third-order valence-corrected chi connectivity index (χ3v) is 7.60. The molecule has 9 nitrogen and oxygen atoms in total. The van der Waals surface area contributed by atoms with Gasteiger partial charge in [0.05, 0.1) is 29.3 Å². The Hall–Kier alpha value is -3.67. The van der Waals surface area contributed by atoms with Crippen LogP contribution in [0.3, 0.4) is 0 Å². The minimum Gasteiger partial charge on any atom is -0.493 e. The maximum absolute atomic E-state index is 13.6. The first-order valence-electron chi connectivity index (χ1n) is 13.1. The van der Waals surface area contributed by atoms with Crippen molar-refractivity contribution < 1.29 is 32.2 Å². The molecule has 1 aromatic carbocycles. The first-order valence-corrected chi connectivity index (χ1v) is 13.1. The number of carbonyl (C=O) groups excluding carboxylic acids is 2. The number of benzene rings is 1. The maximum Gasteiger partial charge on any atom is 0.416 e. The van der Waals surface area contributed by atoms with Crippen molar-refractivity contribution in [2.24, 2.45) is 11.3 Å². The fourth-order valence-electron chi connectivity index (χ4n) is 5.12. The summed E-state index contributed by atoms with van der Waals surface area (Å²) < 4.78 is 51.8. The Kier molecular flexibility index (Phi) is 7.24. The molecule has 0 bridgehead atoms. The molecule has 0 radical (unpaired) electrons. The average Bonchev–Trinajstić information content (AvgIpc) is 3.58. The molecule has 1 saturated carbocycles. The Morgan fingerprint density at radius 1 is 1.23 bits per heavy atom. The molecule has 1 saturated heterocycles. The van der Waals surface area contributed by atoms with Crippen molar-refractivity contribution in [3.63, 3.8) is 0 Å². The number of alkyl halides is 3. The van der Waals surface area contributed by atoms with Crippen molar-refractivity contribution in [1.82, 2.24) is 25.2 Å². The summed E-state index contributed by atoms with van der Waals surface area (Å²) in [5.74, 6) is 0.117. The van der Waals surface area contributed by atoms with Crippen molar-refractivity contribution in [2.75, 3.05) is 33.4 Å². The van der Waals surface area contributed by atoms with Crippen LogP contribution < -0.4 is 10.1 Å². The minimum atomic E-state index is -4.56. The highest BCUT2D eigenvalue weighted by molar-refractivity contribution is 6.09. The zero-order valence-corrected chi connectivity index (χ0v) is 22.8. The van der Waals surface area contributed by atoms with Gasteiger partial charge >= 0.3 is 6.18 Å². The van der Waals surface area contributed by atoms with Gasteiger partial charge in [-0.3, -0.25) is 9.59 Å². The number of aryl methyl sites for hydroxylation is 1. The predicted molar refractivity (Wildman–Crippen MR) is 141 cm³/mol. The number of hydrogen-bond acceptors (Lipinski definition) is 6. The standard InChI is InChI=1S/C28H32F3N5O4/c1-15-22(26(38)35-20-10-36(13-27(20,2)3)21(37)12-39-4)24-25(34-15)23(32-14-33-24)18-9-17(28(29,30)31)7-8-19(18)40-11-16-5-6-16/h7-9,14,16,20,34H,5-6,10-13H2,1-4H3,(H,35,38). The summed E-state index contributed by atoms with van der Waals surface area (Å²) in [4.78, 5) is 39.4. The largest absolute Gasteiger partial charge is 0.493 e. The number of ether oxygens (including phenoxy) is 2. The van der Waals surface area contributed by atoms with Crippen molar-refractivity contribution in [2.45, 2.75) is 45.8 Å². The lowest BCUT2D eigenvalue weighted by Gasteiger charge is -2.26. The Labute approximate surface area is 229 Å². The number of fused-ring (bicyclic) bond motifs is 1. The van der Waals surface area contributed by atoms with E-state index in [1.165, 1.54) is 19.5 Å². The normalized spacial score (nSPS) is 18.8. The highest BCUT2D eigenvalue weighted by Gasteiger charge is 2.42. The second kappa shape index (κ2) is 10.4. The third-order valence-electron chi connectivity index (χ3n) is 7.60. The van der Waals surface area contributed by atoms with E-state index in [-0.39, 0.29) is 46.6 Å². The van der Waals surface area contributed by atoms with Gasteiger partial charge in [0.15, 0.2) is 0 Å². The van der Waals surface area contributed by atoms with Crippen LogP contribution in [0.25, 0.3) is 22.3 Å². The number of H-pyrrole nitrogens is 1. The van der Waals surface area contributed by atoms with E-state index < -0.39 is 23.1 Å². The second-order valence-corrected chi connectivity index (χ2v) is 11.3. The molecule has 1 aliphatic heterocycles. The highest BCUT2D eigenvalue weighted by Crippen LogP contribution is 2.40. The van der Waals surface area contributed by atoms with Crippen LogP contribution in [0, 0.1) is 18.3 Å². The molecule has 2 N–H and O–H groups in total. The quantitative estimate of drug-likeness (QED) is 0.425. The Morgan fingerprint density at radius 2 is 1.98 bits per heavy atom. The van der Waals surface area contributed by atoms with Crippen molar-refractivity contribution in [1.29, 1.82) is 0 Å². The molecule has 5 rings (SSSR count). The van der Waals surface area contributed by atoms with Crippen LogP contribution in [-0.2, 0) is 15.7 Å². The predicted octanol–water partition coefficient (Wildman–Crippen LogP) is 4.35. The van der Waals surface area contributed by atoms with E-state index in [9.17, 15) is 22.8 Å². The van der Waals surface area contributed by atoms with Gasteiger partial charge in [0, 0.05) is 36.9 Å². The van der Waals surface area contributed by atoms with E-state index in [0.717, 1.165) is 25.0 Å². The van der Waals surface area contributed by atoms with Gasteiger partial charge in [-0.2, -0.15) is 13.2 Å². The van der Waals surface area contributed by atoms with Gasteiger partial charge in [-0.15, -0.1) is 0 Å². The van der Waals surface area contributed by atoms with Gasteiger partial charge < -0.3 is 24.7 Å². The van der Waals surface area contributed by atoms with Crippen LogP contribution in [-0.4, -0.2) is 71.1 Å². The van der Waals surface area contributed by atoms with E-state index in [1.54, 1.807) is 11.8 Å². The van der Waals surface area contributed by atoms with Gasteiger partial charge in [-0.1, -0.05) is 13.8 Å². The number of nitrogens with one attached hydrogen (secondary N) is 2. The molecule has 2 fully saturated rings. The fraction of sp³-hybridized carbons (Fsp3) is 0.500. The summed E-state index contributed by atoms with van der Waals surface area (Å²) in [6, 6.07) is 2.99. The summed E-state index contributed by atoms with van der Waals surface area (Å²) in [5, 5.41) is 3.04. The van der Waals surface area contributed by atoms with Crippen LogP contribution in [0.5, 0.6) is 5.75 Å². The number of halogens is 3. The molecule has 0 spiro atoms. The SMILES string of the molecule is COCC(=O)N1CC(NC(=O)c2c(C)[nH]c3c(-c4cc(C(F)(F)F)ccc4OCC4CC4)ncnc23)C(C)(C)C1. The van der Waals surface area contributed by atoms with Crippen molar-refractivity contribution >= 4 is 22.8 Å². The number of rotatable bonds is 8. The lowest BCUT2D eigenvalue weighted by atomic mass is 9.87. The molecule has 3 aromatic rings. The Balaban J connectivity index is 1.49. The molecule has 1 unspecified atom stereocenters. The Bertz CT molecular complexity index is 1450. The number of methoxy groups -OCH3 is 1. The zero-order chi connectivity index (χ0) is 28.8. The molecule has 40 heavy (non-hydrogen) atoms. The summed E-state index contributed by atoms with van der Waals surface area (Å²) >= 11 is 0. The molecule has 1 aliphatic carbocycles. The van der Waals surface area contributed by atoms with Crippen LogP contribution in [0.1, 0.15) is 48.3 Å². The van der Waals surface area contributed by atoms with E-state index in [4.69, 9.17) is 9.47 Å². The maximum atomic E-state index is 13.6. The number of nitrogens with zero attached hydrogens (tertiary/aromatic N) is 3. The molecule has 2 amide bonds. The van der Waals surface area contributed by atoms with E-state index in [2.05, 4.69) is 20.3 Å². The highest BCUT2D eigenvalue weighted by atomic mass is 19.4.